The lowest BCUT2D eigenvalue weighted by Crippen LogP contribution is -2.29. The normalized spacial score (nSPS) is 13.2. The molecular weight excluding hydrogens is 290 g/mol. The Bertz CT molecular complexity index is 736. The molecule has 0 aliphatic heterocycles. The number of hydrogen-bond acceptors (Lipinski definition) is 3. The summed E-state index contributed by atoms with van der Waals surface area (Å²) in [6, 6.07) is 5.79. The smallest absolute Gasteiger partial charge is 0.266 e. The van der Waals surface area contributed by atoms with Gasteiger partial charge < -0.3 is 5.11 Å². The number of nitrogens with zero attached hydrogens (tertiary/aromatic N) is 2. The number of benzene rings is 1. The van der Waals surface area contributed by atoms with E-state index in [0.717, 1.165) is 22.9 Å². The standard InChI is InChI=1S/C16H18F2N2O2/c1-16(2,3)14-6-7-15(22)20(19-14)9-13(21)11-8-10(17)4-5-12(11)18/h4-8,13,21H,9H2,1-3H3. The fourth-order valence-electron chi connectivity index (χ4n) is 2.01. The molecule has 0 spiro atoms. The third-order valence-electron chi connectivity index (χ3n) is 3.30. The van der Waals surface area contributed by atoms with Gasteiger partial charge in [-0.05, 0) is 24.3 Å². The summed E-state index contributed by atoms with van der Waals surface area (Å²) in [5, 5.41) is 14.3. The predicted octanol–water partition coefficient (Wildman–Crippen LogP) is 2.55. The van der Waals surface area contributed by atoms with Crippen LogP contribution in [-0.2, 0) is 12.0 Å². The van der Waals surface area contributed by atoms with E-state index in [1.807, 2.05) is 20.8 Å². The lowest BCUT2D eigenvalue weighted by Gasteiger charge is -2.19. The maximum Gasteiger partial charge on any atom is 0.266 e. The summed E-state index contributed by atoms with van der Waals surface area (Å²) in [7, 11) is 0. The van der Waals surface area contributed by atoms with Gasteiger partial charge in [-0.15, -0.1) is 0 Å². The molecular formula is C16H18F2N2O2. The quantitative estimate of drug-likeness (QED) is 0.948. The summed E-state index contributed by atoms with van der Waals surface area (Å²) < 4.78 is 27.9. The van der Waals surface area contributed by atoms with Crippen molar-refractivity contribution in [3.8, 4) is 0 Å². The zero-order valence-corrected chi connectivity index (χ0v) is 12.7. The molecule has 0 amide bonds. The first kappa shape index (κ1) is 16.3. The SMILES string of the molecule is CC(C)(C)c1ccc(=O)n(CC(O)c2cc(F)ccc2F)n1. The fraction of sp³-hybridized carbons (Fsp3) is 0.375. The highest BCUT2D eigenvalue weighted by Crippen LogP contribution is 2.21. The Morgan fingerprint density at radius 3 is 2.55 bits per heavy atom. The van der Waals surface area contributed by atoms with Crippen LogP contribution in [0.5, 0.6) is 0 Å². The molecule has 0 bridgehead atoms. The highest BCUT2D eigenvalue weighted by Gasteiger charge is 2.19. The monoisotopic (exact) mass is 308 g/mol. The van der Waals surface area contributed by atoms with Gasteiger partial charge in [0.1, 0.15) is 17.7 Å². The van der Waals surface area contributed by atoms with Crippen LogP contribution in [0.15, 0.2) is 35.1 Å². The number of rotatable bonds is 3. The van der Waals surface area contributed by atoms with Gasteiger partial charge in [-0.3, -0.25) is 4.79 Å². The second kappa shape index (κ2) is 5.96. The van der Waals surface area contributed by atoms with Gasteiger partial charge in [0, 0.05) is 17.0 Å². The topological polar surface area (TPSA) is 55.1 Å². The summed E-state index contributed by atoms with van der Waals surface area (Å²) >= 11 is 0. The summed E-state index contributed by atoms with van der Waals surface area (Å²) in [5.74, 6) is -1.38. The van der Waals surface area contributed by atoms with Crippen LogP contribution < -0.4 is 5.56 Å². The largest absolute Gasteiger partial charge is 0.386 e. The molecule has 0 saturated heterocycles. The van der Waals surface area contributed by atoms with E-state index in [4.69, 9.17) is 0 Å². The minimum Gasteiger partial charge on any atom is -0.386 e. The average molecular weight is 308 g/mol. The predicted molar refractivity (Wildman–Crippen MR) is 78.5 cm³/mol. The summed E-state index contributed by atoms with van der Waals surface area (Å²) in [5.41, 5.74) is -0.220. The van der Waals surface area contributed by atoms with Crippen molar-refractivity contribution in [1.82, 2.24) is 9.78 Å². The van der Waals surface area contributed by atoms with E-state index in [0.29, 0.717) is 5.69 Å². The maximum atomic E-state index is 13.7. The highest BCUT2D eigenvalue weighted by molar-refractivity contribution is 5.21. The number of aromatic nitrogens is 2. The van der Waals surface area contributed by atoms with E-state index >= 15 is 0 Å². The van der Waals surface area contributed by atoms with Crippen molar-refractivity contribution in [2.24, 2.45) is 0 Å². The van der Waals surface area contributed by atoms with E-state index in [2.05, 4.69) is 5.10 Å². The Morgan fingerprint density at radius 2 is 1.91 bits per heavy atom. The summed E-state index contributed by atoms with van der Waals surface area (Å²) in [4.78, 5) is 11.8. The van der Waals surface area contributed by atoms with Crippen molar-refractivity contribution in [2.75, 3.05) is 0 Å². The fourth-order valence-corrected chi connectivity index (χ4v) is 2.01. The van der Waals surface area contributed by atoms with Crippen molar-refractivity contribution in [2.45, 2.75) is 38.8 Å². The molecule has 0 aliphatic rings. The molecule has 22 heavy (non-hydrogen) atoms. The third kappa shape index (κ3) is 3.57. The molecule has 2 rings (SSSR count). The Morgan fingerprint density at radius 1 is 1.23 bits per heavy atom. The van der Waals surface area contributed by atoms with Crippen molar-refractivity contribution in [3.05, 3.63) is 63.6 Å². The van der Waals surface area contributed by atoms with Gasteiger partial charge in [-0.1, -0.05) is 20.8 Å². The van der Waals surface area contributed by atoms with Gasteiger partial charge in [0.2, 0.25) is 0 Å². The van der Waals surface area contributed by atoms with E-state index in [-0.39, 0.29) is 17.5 Å². The minimum absolute atomic E-state index is 0.199. The molecule has 1 heterocycles. The number of halogens is 2. The Labute approximate surface area is 127 Å². The molecule has 0 radical (unpaired) electrons. The molecule has 1 unspecified atom stereocenters. The summed E-state index contributed by atoms with van der Waals surface area (Å²) in [6.07, 6.45) is -1.36. The maximum absolute atomic E-state index is 13.7. The number of aliphatic hydroxyl groups excluding tert-OH is 1. The molecule has 118 valence electrons. The van der Waals surface area contributed by atoms with Crippen LogP contribution in [0.2, 0.25) is 0 Å². The first-order valence-corrected chi connectivity index (χ1v) is 6.90. The number of hydrogen-bond donors (Lipinski definition) is 1. The molecule has 1 atom stereocenters. The minimum atomic E-state index is -1.36. The van der Waals surface area contributed by atoms with E-state index in [1.54, 1.807) is 6.07 Å². The van der Waals surface area contributed by atoms with E-state index in [9.17, 15) is 18.7 Å². The average Bonchev–Trinajstić information content (AvgIpc) is 2.42. The van der Waals surface area contributed by atoms with Gasteiger partial charge in [0.05, 0.1) is 12.2 Å². The van der Waals surface area contributed by atoms with Crippen LogP contribution >= 0.6 is 0 Å². The molecule has 4 nitrogen and oxygen atoms in total. The Balaban J connectivity index is 2.34. The van der Waals surface area contributed by atoms with Gasteiger partial charge >= 0.3 is 0 Å². The lowest BCUT2D eigenvalue weighted by atomic mass is 9.92. The first-order valence-electron chi connectivity index (χ1n) is 6.90. The summed E-state index contributed by atoms with van der Waals surface area (Å²) in [6.45, 7) is 5.57. The van der Waals surface area contributed by atoms with E-state index < -0.39 is 23.3 Å². The zero-order valence-electron chi connectivity index (χ0n) is 12.7. The molecule has 0 saturated carbocycles. The van der Waals surface area contributed by atoms with Crippen molar-refractivity contribution < 1.29 is 13.9 Å². The van der Waals surface area contributed by atoms with Gasteiger partial charge in [-0.2, -0.15) is 5.10 Å². The molecule has 1 N–H and O–H groups in total. The van der Waals surface area contributed by atoms with Crippen LogP contribution in [0.25, 0.3) is 0 Å². The molecule has 0 fully saturated rings. The second-order valence-corrected chi connectivity index (χ2v) is 6.17. The molecule has 0 aliphatic carbocycles. The van der Waals surface area contributed by atoms with Gasteiger partial charge in [0.25, 0.3) is 5.56 Å². The second-order valence-electron chi connectivity index (χ2n) is 6.17. The molecule has 2 aromatic rings. The lowest BCUT2D eigenvalue weighted by molar-refractivity contribution is 0.144. The Hall–Kier alpha value is -2.08. The third-order valence-corrected chi connectivity index (χ3v) is 3.30. The molecule has 6 heteroatoms. The van der Waals surface area contributed by atoms with Crippen molar-refractivity contribution in [1.29, 1.82) is 0 Å². The molecule has 1 aromatic carbocycles. The van der Waals surface area contributed by atoms with Crippen LogP contribution in [0.4, 0.5) is 8.78 Å². The Kier molecular flexibility index (Phi) is 4.42. The van der Waals surface area contributed by atoms with Crippen molar-refractivity contribution >= 4 is 0 Å². The van der Waals surface area contributed by atoms with Crippen LogP contribution in [-0.4, -0.2) is 14.9 Å². The number of aliphatic hydroxyl groups is 1. The van der Waals surface area contributed by atoms with Crippen LogP contribution in [0.1, 0.15) is 38.1 Å². The molecule has 1 aromatic heterocycles. The first-order chi connectivity index (χ1) is 10.2. The zero-order chi connectivity index (χ0) is 16.5. The van der Waals surface area contributed by atoms with Gasteiger partial charge in [-0.25, -0.2) is 13.5 Å². The highest BCUT2D eigenvalue weighted by atomic mass is 19.1. The van der Waals surface area contributed by atoms with Gasteiger partial charge in [0.15, 0.2) is 0 Å². The van der Waals surface area contributed by atoms with Crippen LogP contribution in [0, 0.1) is 11.6 Å². The van der Waals surface area contributed by atoms with E-state index in [1.165, 1.54) is 6.07 Å². The van der Waals surface area contributed by atoms with Crippen molar-refractivity contribution in [3.63, 3.8) is 0 Å². The van der Waals surface area contributed by atoms with Crippen LogP contribution in [0.3, 0.4) is 0 Å².